The van der Waals surface area contributed by atoms with Gasteiger partial charge in [-0.1, -0.05) is 18.2 Å². The van der Waals surface area contributed by atoms with E-state index in [1.165, 1.54) is 42.5 Å². The topological polar surface area (TPSA) is 142 Å². The molecule has 0 aliphatic rings. The van der Waals surface area contributed by atoms with Crippen LogP contribution in [0.4, 0.5) is 17.1 Å². The fourth-order valence-electron chi connectivity index (χ4n) is 2.46. The molecule has 0 atom stereocenters. The van der Waals surface area contributed by atoms with E-state index in [-0.39, 0.29) is 33.1 Å². The molecular weight excluding hydrogens is 374 g/mol. The Kier molecular flexibility index (Phi) is 4.60. The molecule has 0 radical (unpaired) electrons. The first-order valence-electron chi connectivity index (χ1n) is 7.57. The van der Waals surface area contributed by atoms with E-state index in [9.17, 15) is 28.2 Å². The number of nitro groups is 1. The lowest BCUT2D eigenvalue weighted by Crippen LogP contribution is -1.97. The van der Waals surface area contributed by atoms with Crippen molar-refractivity contribution in [2.24, 2.45) is 10.2 Å². The number of aromatic hydroxyl groups is 1. The van der Waals surface area contributed by atoms with E-state index in [1.54, 1.807) is 13.0 Å². The Bertz CT molecular complexity index is 1200. The fourth-order valence-corrected chi connectivity index (χ4v) is 2.97. The number of hydrogen-bond donors (Lipinski definition) is 2. The van der Waals surface area contributed by atoms with Gasteiger partial charge in [0.1, 0.15) is 11.4 Å². The fraction of sp³-hybridized carbons (Fsp3) is 0.0588. The minimum atomic E-state index is -4.44. The molecule has 9 nitrogen and oxygen atoms in total. The van der Waals surface area contributed by atoms with Crippen LogP contribution in [0.15, 0.2) is 63.7 Å². The minimum Gasteiger partial charge on any atom is -0.506 e. The number of phenolic OH excluding ortho intramolecular Hbond substituents is 1. The standard InChI is InChI=1S/C17H13N3O6S/c1-10-2-5-12(20(22)23)8-15(10)18-19-17-14-9-13(27(24,25)26)6-3-11(14)4-7-16(17)21/h2-9,21H,1H3,(H,24,25,26). The predicted molar refractivity (Wildman–Crippen MR) is 97.4 cm³/mol. The molecule has 3 aromatic carbocycles. The molecule has 2 N–H and O–H groups in total. The Hall–Kier alpha value is -3.37. The van der Waals surface area contributed by atoms with Crippen LogP contribution in [-0.4, -0.2) is 23.0 Å². The molecule has 10 heteroatoms. The number of fused-ring (bicyclic) bond motifs is 1. The molecule has 0 aliphatic carbocycles. The van der Waals surface area contributed by atoms with E-state index < -0.39 is 15.0 Å². The molecule has 0 saturated carbocycles. The SMILES string of the molecule is Cc1ccc([N+](=O)[O-])cc1N=Nc1c(O)ccc2ccc(S(=O)(=O)O)cc12. The van der Waals surface area contributed by atoms with Gasteiger partial charge in [0, 0.05) is 17.5 Å². The van der Waals surface area contributed by atoms with Crippen molar-refractivity contribution in [3.05, 3.63) is 64.2 Å². The largest absolute Gasteiger partial charge is 0.506 e. The highest BCUT2D eigenvalue weighted by Crippen LogP contribution is 2.37. The smallest absolute Gasteiger partial charge is 0.294 e. The van der Waals surface area contributed by atoms with Crippen LogP contribution in [0.25, 0.3) is 10.8 Å². The molecule has 0 heterocycles. The maximum atomic E-state index is 11.4. The molecular formula is C17H13N3O6S. The van der Waals surface area contributed by atoms with Crippen LogP contribution in [0, 0.1) is 17.0 Å². The quantitative estimate of drug-likeness (QED) is 0.293. The average molecular weight is 387 g/mol. The molecule has 0 unspecified atom stereocenters. The second kappa shape index (κ2) is 6.74. The lowest BCUT2D eigenvalue weighted by atomic mass is 10.1. The molecule has 0 aromatic heterocycles. The van der Waals surface area contributed by atoms with Crippen LogP contribution < -0.4 is 0 Å². The van der Waals surface area contributed by atoms with E-state index in [0.717, 1.165) is 0 Å². The molecule has 0 amide bonds. The van der Waals surface area contributed by atoms with Gasteiger partial charge in [-0.2, -0.15) is 8.42 Å². The van der Waals surface area contributed by atoms with Crippen molar-refractivity contribution in [2.45, 2.75) is 11.8 Å². The first-order valence-corrected chi connectivity index (χ1v) is 9.01. The normalized spacial score (nSPS) is 11.9. The second-order valence-electron chi connectivity index (χ2n) is 5.72. The molecule has 0 fully saturated rings. The molecule has 0 aliphatic heterocycles. The summed E-state index contributed by atoms with van der Waals surface area (Å²) in [7, 11) is -4.44. The van der Waals surface area contributed by atoms with Gasteiger partial charge in [0.15, 0.2) is 0 Å². The summed E-state index contributed by atoms with van der Waals surface area (Å²) in [4.78, 5) is 9.99. The van der Waals surface area contributed by atoms with Crippen LogP contribution in [-0.2, 0) is 10.1 Å². The number of benzene rings is 3. The van der Waals surface area contributed by atoms with E-state index in [4.69, 9.17) is 0 Å². The number of aryl methyl sites for hydroxylation is 1. The van der Waals surface area contributed by atoms with E-state index >= 15 is 0 Å². The first-order chi connectivity index (χ1) is 12.7. The zero-order valence-electron chi connectivity index (χ0n) is 13.9. The Labute approximate surface area is 153 Å². The van der Waals surface area contributed by atoms with Crippen molar-refractivity contribution < 1.29 is 23.0 Å². The molecule has 138 valence electrons. The van der Waals surface area contributed by atoms with Crippen molar-refractivity contribution in [1.29, 1.82) is 0 Å². The highest BCUT2D eigenvalue weighted by molar-refractivity contribution is 7.85. The number of nitro benzene ring substituents is 1. The van der Waals surface area contributed by atoms with Gasteiger partial charge in [-0.15, -0.1) is 10.2 Å². The third-order valence-electron chi connectivity index (χ3n) is 3.90. The van der Waals surface area contributed by atoms with Gasteiger partial charge in [0.05, 0.1) is 15.5 Å². The van der Waals surface area contributed by atoms with Crippen LogP contribution in [0.1, 0.15) is 5.56 Å². The lowest BCUT2D eigenvalue weighted by Gasteiger charge is -2.06. The van der Waals surface area contributed by atoms with Gasteiger partial charge in [-0.25, -0.2) is 0 Å². The van der Waals surface area contributed by atoms with Gasteiger partial charge in [0.25, 0.3) is 15.8 Å². The summed E-state index contributed by atoms with van der Waals surface area (Å²) in [6.07, 6.45) is 0. The van der Waals surface area contributed by atoms with Crippen molar-refractivity contribution in [1.82, 2.24) is 0 Å². The van der Waals surface area contributed by atoms with Gasteiger partial charge in [0.2, 0.25) is 0 Å². The molecule has 3 rings (SSSR count). The number of rotatable bonds is 4. The maximum absolute atomic E-state index is 11.4. The number of nitrogens with zero attached hydrogens (tertiary/aromatic N) is 3. The van der Waals surface area contributed by atoms with E-state index in [0.29, 0.717) is 10.9 Å². The highest BCUT2D eigenvalue weighted by atomic mass is 32.2. The number of hydrogen-bond acceptors (Lipinski definition) is 7. The molecule has 27 heavy (non-hydrogen) atoms. The van der Waals surface area contributed by atoms with E-state index in [1.807, 2.05) is 0 Å². The maximum Gasteiger partial charge on any atom is 0.294 e. The molecule has 0 bridgehead atoms. The zero-order valence-corrected chi connectivity index (χ0v) is 14.7. The summed E-state index contributed by atoms with van der Waals surface area (Å²) < 4.78 is 32.0. The van der Waals surface area contributed by atoms with Crippen LogP contribution in [0.5, 0.6) is 5.75 Å². The van der Waals surface area contributed by atoms with Crippen molar-refractivity contribution in [3.8, 4) is 5.75 Å². The predicted octanol–water partition coefficient (Wildman–Crippen LogP) is 4.42. The number of phenols is 1. The summed E-state index contributed by atoms with van der Waals surface area (Å²) in [5, 5.41) is 29.8. The van der Waals surface area contributed by atoms with Crippen molar-refractivity contribution in [2.75, 3.05) is 0 Å². The van der Waals surface area contributed by atoms with Crippen molar-refractivity contribution in [3.63, 3.8) is 0 Å². The third kappa shape index (κ3) is 3.76. The third-order valence-corrected chi connectivity index (χ3v) is 4.75. The summed E-state index contributed by atoms with van der Waals surface area (Å²) in [6, 6.07) is 10.9. The average Bonchev–Trinajstić information content (AvgIpc) is 2.60. The Morgan fingerprint density at radius 2 is 1.74 bits per heavy atom. The zero-order chi connectivity index (χ0) is 19.8. The van der Waals surface area contributed by atoms with Gasteiger partial charge >= 0.3 is 0 Å². The van der Waals surface area contributed by atoms with E-state index in [2.05, 4.69) is 10.2 Å². The lowest BCUT2D eigenvalue weighted by molar-refractivity contribution is -0.384. The highest BCUT2D eigenvalue weighted by Gasteiger charge is 2.14. The first kappa shape index (κ1) is 18.4. The molecule has 0 saturated heterocycles. The summed E-state index contributed by atoms with van der Waals surface area (Å²) in [5.41, 5.74) is 0.670. The monoisotopic (exact) mass is 387 g/mol. The van der Waals surface area contributed by atoms with Crippen molar-refractivity contribution >= 4 is 38.0 Å². The Morgan fingerprint density at radius 1 is 1.04 bits per heavy atom. The summed E-state index contributed by atoms with van der Waals surface area (Å²) in [5.74, 6) is -0.262. The number of non-ortho nitro benzene ring substituents is 1. The number of azo groups is 1. The van der Waals surface area contributed by atoms with Crippen LogP contribution >= 0.6 is 0 Å². The summed E-state index contributed by atoms with van der Waals surface area (Å²) >= 11 is 0. The Morgan fingerprint density at radius 3 is 2.41 bits per heavy atom. The molecule has 3 aromatic rings. The van der Waals surface area contributed by atoms with Gasteiger partial charge in [-0.05, 0) is 36.1 Å². The van der Waals surface area contributed by atoms with Crippen LogP contribution in [0.3, 0.4) is 0 Å². The Balaban J connectivity index is 2.17. The van der Waals surface area contributed by atoms with Gasteiger partial charge < -0.3 is 5.11 Å². The van der Waals surface area contributed by atoms with Crippen LogP contribution in [0.2, 0.25) is 0 Å². The second-order valence-corrected chi connectivity index (χ2v) is 7.14. The molecule has 0 spiro atoms. The minimum absolute atomic E-state index is 0.0242. The summed E-state index contributed by atoms with van der Waals surface area (Å²) in [6.45, 7) is 1.69. The van der Waals surface area contributed by atoms with Gasteiger partial charge in [-0.3, -0.25) is 14.7 Å².